The lowest BCUT2D eigenvalue weighted by molar-refractivity contribution is -0.121. The molecule has 0 radical (unpaired) electrons. The van der Waals surface area contributed by atoms with Gasteiger partial charge in [-0.05, 0) is 41.7 Å². The van der Waals surface area contributed by atoms with Crippen LogP contribution in [0.3, 0.4) is 0 Å². The summed E-state index contributed by atoms with van der Waals surface area (Å²) in [6.07, 6.45) is 6.79. The standard InChI is InChI=1S/C24H29ClN2O/c1-3-5-6-14-26-23(28)15-21(18-10-12-19(25)13-11-18)22-16-27-24-17(4-2)8-7-9-20(22)24/h7-13,16,21,27H,3-6,14-15H2,1-2H3,(H,26,28). The Bertz CT molecular complexity index is 914. The van der Waals surface area contributed by atoms with Gasteiger partial charge in [-0.3, -0.25) is 4.79 Å². The van der Waals surface area contributed by atoms with E-state index in [1.165, 1.54) is 16.5 Å². The molecule has 0 saturated carbocycles. The number of para-hydroxylation sites is 1. The number of H-pyrrole nitrogens is 1. The van der Waals surface area contributed by atoms with Crippen molar-refractivity contribution in [3.63, 3.8) is 0 Å². The van der Waals surface area contributed by atoms with Gasteiger partial charge < -0.3 is 10.3 Å². The fourth-order valence-corrected chi connectivity index (χ4v) is 3.91. The number of halogens is 1. The predicted molar refractivity (Wildman–Crippen MR) is 118 cm³/mol. The zero-order valence-corrected chi connectivity index (χ0v) is 17.5. The average molecular weight is 397 g/mol. The molecule has 0 saturated heterocycles. The van der Waals surface area contributed by atoms with Gasteiger partial charge in [-0.25, -0.2) is 0 Å². The number of rotatable bonds is 9. The first-order valence-electron chi connectivity index (χ1n) is 10.2. The first-order chi connectivity index (χ1) is 13.6. The topological polar surface area (TPSA) is 44.9 Å². The summed E-state index contributed by atoms with van der Waals surface area (Å²) in [5.41, 5.74) is 4.73. The second kappa shape index (κ2) is 9.79. The minimum Gasteiger partial charge on any atom is -0.361 e. The minimum atomic E-state index is -0.00991. The second-order valence-corrected chi connectivity index (χ2v) is 7.74. The fraction of sp³-hybridized carbons (Fsp3) is 0.375. The van der Waals surface area contributed by atoms with Gasteiger partial charge in [0.2, 0.25) is 5.91 Å². The molecule has 28 heavy (non-hydrogen) atoms. The Morgan fingerprint density at radius 3 is 2.61 bits per heavy atom. The number of aromatic nitrogens is 1. The van der Waals surface area contributed by atoms with Crippen LogP contribution in [-0.2, 0) is 11.2 Å². The number of aryl methyl sites for hydroxylation is 1. The van der Waals surface area contributed by atoms with E-state index in [1.54, 1.807) is 0 Å². The summed E-state index contributed by atoms with van der Waals surface area (Å²) in [6, 6.07) is 14.2. The molecule has 4 heteroatoms. The monoisotopic (exact) mass is 396 g/mol. The van der Waals surface area contributed by atoms with Gasteiger partial charge in [-0.2, -0.15) is 0 Å². The number of hydrogen-bond donors (Lipinski definition) is 2. The lowest BCUT2D eigenvalue weighted by Gasteiger charge is -2.17. The Hall–Kier alpha value is -2.26. The lowest BCUT2D eigenvalue weighted by atomic mass is 9.87. The number of carbonyl (C=O) groups excluding carboxylic acids is 1. The van der Waals surface area contributed by atoms with Gasteiger partial charge in [0.15, 0.2) is 0 Å². The first kappa shape index (κ1) is 20.5. The molecule has 0 aliphatic carbocycles. The quantitative estimate of drug-likeness (QED) is 0.415. The summed E-state index contributed by atoms with van der Waals surface area (Å²) in [5, 5.41) is 4.99. The third-order valence-corrected chi connectivity index (χ3v) is 5.61. The van der Waals surface area contributed by atoms with Crippen molar-refractivity contribution in [2.24, 2.45) is 0 Å². The molecule has 2 N–H and O–H groups in total. The molecule has 148 valence electrons. The van der Waals surface area contributed by atoms with Gasteiger partial charge in [0.25, 0.3) is 0 Å². The number of unbranched alkanes of at least 4 members (excludes halogenated alkanes) is 2. The van der Waals surface area contributed by atoms with Crippen LogP contribution in [0.15, 0.2) is 48.7 Å². The van der Waals surface area contributed by atoms with E-state index in [-0.39, 0.29) is 11.8 Å². The lowest BCUT2D eigenvalue weighted by Crippen LogP contribution is -2.26. The van der Waals surface area contributed by atoms with Crippen molar-refractivity contribution in [3.05, 3.63) is 70.4 Å². The molecule has 1 aromatic heterocycles. The van der Waals surface area contributed by atoms with Gasteiger partial charge in [-0.15, -0.1) is 0 Å². The molecule has 0 bridgehead atoms. The largest absolute Gasteiger partial charge is 0.361 e. The maximum atomic E-state index is 12.7. The highest BCUT2D eigenvalue weighted by Crippen LogP contribution is 2.35. The van der Waals surface area contributed by atoms with Gasteiger partial charge in [0, 0.05) is 41.0 Å². The van der Waals surface area contributed by atoms with Gasteiger partial charge in [0.1, 0.15) is 0 Å². The first-order valence-corrected chi connectivity index (χ1v) is 10.6. The van der Waals surface area contributed by atoms with Gasteiger partial charge in [-0.1, -0.05) is 68.6 Å². The van der Waals surface area contributed by atoms with Crippen molar-refractivity contribution in [3.8, 4) is 0 Å². The van der Waals surface area contributed by atoms with E-state index in [0.717, 1.165) is 43.4 Å². The Morgan fingerprint density at radius 2 is 1.89 bits per heavy atom. The summed E-state index contributed by atoms with van der Waals surface area (Å²) in [5.74, 6) is 0.0846. The van der Waals surface area contributed by atoms with E-state index in [9.17, 15) is 4.79 Å². The summed E-state index contributed by atoms with van der Waals surface area (Å²) in [6.45, 7) is 5.07. The maximum absolute atomic E-state index is 12.7. The third-order valence-electron chi connectivity index (χ3n) is 5.35. The molecule has 3 aromatic rings. The Morgan fingerprint density at radius 1 is 1.11 bits per heavy atom. The molecule has 2 aromatic carbocycles. The molecule has 1 atom stereocenters. The summed E-state index contributed by atoms with van der Waals surface area (Å²) < 4.78 is 0. The van der Waals surface area contributed by atoms with E-state index in [4.69, 9.17) is 11.6 Å². The van der Waals surface area contributed by atoms with E-state index in [1.807, 2.05) is 24.3 Å². The van der Waals surface area contributed by atoms with Crippen molar-refractivity contribution in [1.29, 1.82) is 0 Å². The molecule has 0 fully saturated rings. The van der Waals surface area contributed by atoms with Crippen LogP contribution in [0.5, 0.6) is 0 Å². The van der Waals surface area contributed by atoms with Crippen LogP contribution in [0, 0.1) is 0 Å². The maximum Gasteiger partial charge on any atom is 0.220 e. The smallest absolute Gasteiger partial charge is 0.220 e. The van der Waals surface area contributed by atoms with Crippen LogP contribution in [0.4, 0.5) is 0 Å². The number of amides is 1. The number of aromatic amines is 1. The average Bonchev–Trinajstić information content (AvgIpc) is 3.14. The molecule has 0 spiro atoms. The van der Waals surface area contributed by atoms with Crippen LogP contribution in [-0.4, -0.2) is 17.4 Å². The summed E-state index contributed by atoms with van der Waals surface area (Å²) in [4.78, 5) is 16.1. The van der Waals surface area contributed by atoms with E-state index in [2.05, 4.69) is 48.5 Å². The zero-order chi connectivity index (χ0) is 19.9. The second-order valence-electron chi connectivity index (χ2n) is 7.30. The highest BCUT2D eigenvalue weighted by molar-refractivity contribution is 6.30. The van der Waals surface area contributed by atoms with Crippen LogP contribution in [0.1, 0.15) is 62.1 Å². The molecule has 0 aliphatic rings. The number of nitrogens with one attached hydrogen (secondary N) is 2. The SMILES string of the molecule is CCCCCNC(=O)CC(c1ccc(Cl)cc1)c1c[nH]c2c(CC)cccc12. The minimum absolute atomic E-state index is 0.00991. The third kappa shape index (κ3) is 4.77. The van der Waals surface area contributed by atoms with Crippen LogP contribution in [0.25, 0.3) is 10.9 Å². The van der Waals surface area contributed by atoms with Crippen molar-refractivity contribution in [2.45, 2.75) is 51.9 Å². The number of carbonyl (C=O) groups is 1. The molecule has 3 rings (SSSR count). The highest BCUT2D eigenvalue weighted by atomic mass is 35.5. The van der Waals surface area contributed by atoms with E-state index >= 15 is 0 Å². The van der Waals surface area contributed by atoms with Crippen LogP contribution >= 0.6 is 11.6 Å². The van der Waals surface area contributed by atoms with Crippen molar-refractivity contribution >= 4 is 28.4 Å². The Labute approximate surface area is 172 Å². The van der Waals surface area contributed by atoms with Crippen molar-refractivity contribution in [2.75, 3.05) is 6.54 Å². The Balaban J connectivity index is 1.91. The zero-order valence-electron chi connectivity index (χ0n) is 16.7. The van der Waals surface area contributed by atoms with Crippen LogP contribution in [0.2, 0.25) is 5.02 Å². The summed E-state index contributed by atoms with van der Waals surface area (Å²) >= 11 is 6.09. The number of fused-ring (bicyclic) bond motifs is 1. The van der Waals surface area contributed by atoms with Gasteiger partial charge >= 0.3 is 0 Å². The molecular formula is C24H29ClN2O. The fourth-order valence-electron chi connectivity index (χ4n) is 3.78. The number of hydrogen-bond acceptors (Lipinski definition) is 1. The number of benzene rings is 2. The van der Waals surface area contributed by atoms with Crippen LogP contribution < -0.4 is 5.32 Å². The molecule has 1 amide bonds. The van der Waals surface area contributed by atoms with Crippen molar-refractivity contribution in [1.82, 2.24) is 10.3 Å². The summed E-state index contributed by atoms with van der Waals surface area (Å²) in [7, 11) is 0. The highest BCUT2D eigenvalue weighted by Gasteiger charge is 2.22. The molecular weight excluding hydrogens is 368 g/mol. The molecule has 1 unspecified atom stereocenters. The molecule has 1 heterocycles. The van der Waals surface area contributed by atoms with Crippen molar-refractivity contribution < 1.29 is 4.79 Å². The predicted octanol–water partition coefficient (Wildman–Crippen LogP) is 6.21. The molecule has 0 aliphatic heterocycles. The van der Waals surface area contributed by atoms with Gasteiger partial charge in [0.05, 0.1) is 0 Å². The van der Waals surface area contributed by atoms with E-state index < -0.39 is 0 Å². The molecule has 3 nitrogen and oxygen atoms in total. The Kier molecular flexibility index (Phi) is 7.16. The van der Waals surface area contributed by atoms with E-state index in [0.29, 0.717) is 11.4 Å². The normalized spacial score (nSPS) is 12.2.